The monoisotopic (exact) mass is 616 g/mol. The number of ether oxygens (including phenoxy) is 6. The van der Waals surface area contributed by atoms with Crippen LogP contribution in [0.5, 0.6) is 0 Å². The zero-order chi connectivity index (χ0) is 33.4. The molecule has 0 aromatic carbocycles. The molecule has 2 amide bonds. The molecule has 0 heterocycles. The van der Waals surface area contributed by atoms with Crippen molar-refractivity contribution in [3.05, 3.63) is 0 Å². The molecule has 4 unspecified atom stereocenters. The van der Waals surface area contributed by atoms with Crippen molar-refractivity contribution in [2.24, 2.45) is 0 Å². The Kier molecular flexibility index (Phi) is 13.6. The first-order chi connectivity index (χ1) is 19.5. The highest BCUT2D eigenvalue weighted by Crippen LogP contribution is 2.39. The maximum Gasteiger partial charge on any atom is 0.337 e. The summed E-state index contributed by atoms with van der Waals surface area (Å²) in [5.74, 6) is -1.63. The SMILES string of the molecule is CCNC(=O)C(C)(C)OC(C)COC(=O)C(C)(C)OC1CCC(C)(OC(C)(C)C(=O)OCC(C)OC(C)(C)C(=O)NC)C1. The van der Waals surface area contributed by atoms with Crippen molar-refractivity contribution in [1.29, 1.82) is 0 Å². The Morgan fingerprint density at radius 3 is 1.72 bits per heavy atom. The molecule has 43 heavy (non-hydrogen) atoms. The first-order valence-corrected chi connectivity index (χ1v) is 15.1. The fraction of sp³-hybridized carbons (Fsp3) is 0.871. The molecule has 0 aromatic heterocycles. The molecular weight excluding hydrogens is 560 g/mol. The number of rotatable bonds is 17. The Hall–Kier alpha value is -2.28. The van der Waals surface area contributed by atoms with Gasteiger partial charge in [-0.15, -0.1) is 0 Å². The second-order valence-electron chi connectivity index (χ2n) is 13.6. The van der Waals surface area contributed by atoms with E-state index in [4.69, 9.17) is 28.4 Å². The lowest BCUT2D eigenvalue weighted by molar-refractivity contribution is -0.196. The fourth-order valence-electron chi connectivity index (χ4n) is 5.06. The normalized spacial score (nSPS) is 21.1. The van der Waals surface area contributed by atoms with Gasteiger partial charge in [-0.1, -0.05) is 0 Å². The fourth-order valence-corrected chi connectivity index (χ4v) is 5.06. The molecule has 1 aliphatic rings. The van der Waals surface area contributed by atoms with Gasteiger partial charge in [-0.3, -0.25) is 9.59 Å². The topological polar surface area (TPSA) is 148 Å². The summed E-state index contributed by atoms with van der Waals surface area (Å²) in [6.45, 7) is 20.8. The van der Waals surface area contributed by atoms with E-state index in [0.29, 0.717) is 25.8 Å². The van der Waals surface area contributed by atoms with Crippen molar-refractivity contribution >= 4 is 23.8 Å². The van der Waals surface area contributed by atoms with Gasteiger partial charge in [-0.2, -0.15) is 0 Å². The molecule has 0 bridgehead atoms. The summed E-state index contributed by atoms with van der Waals surface area (Å²) >= 11 is 0. The van der Waals surface area contributed by atoms with Crippen LogP contribution in [0, 0.1) is 0 Å². The van der Waals surface area contributed by atoms with E-state index in [1.165, 1.54) is 7.05 Å². The van der Waals surface area contributed by atoms with Gasteiger partial charge in [0.25, 0.3) is 11.8 Å². The molecule has 4 atom stereocenters. The molecule has 1 aliphatic carbocycles. The second-order valence-corrected chi connectivity index (χ2v) is 13.6. The van der Waals surface area contributed by atoms with Crippen molar-refractivity contribution in [3.8, 4) is 0 Å². The van der Waals surface area contributed by atoms with Crippen LogP contribution in [0.3, 0.4) is 0 Å². The Labute approximate surface area is 257 Å². The molecule has 1 saturated carbocycles. The number of carbonyl (C=O) groups excluding carboxylic acids is 4. The van der Waals surface area contributed by atoms with Crippen molar-refractivity contribution in [2.45, 2.75) is 149 Å². The molecule has 250 valence electrons. The van der Waals surface area contributed by atoms with Crippen LogP contribution >= 0.6 is 0 Å². The third-order valence-corrected chi connectivity index (χ3v) is 7.15. The average Bonchev–Trinajstić information content (AvgIpc) is 3.22. The molecule has 2 N–H and O–H groups in total. The minimum absolute atomic E-state index is 0.0385. The molecule has 0 saturated heterocycles. The highest BCUT2D eigenvalue weighted by Gasteiger charge is 2.46. The predicted octanol–water partition coefficient (Wildman–Crippen LogP) is 3.22. The van der Waals surface area contributed by atoms with Crippen molar-refractivity contribution in [3.63, 3.8) is 0 Å². The lowest BCUT2D eigenvalue weighted by atomic mass is 10.0. The molecule has 12 nitrogen and oxygen atoms in total. The maximum atomic E-state index is 12.9. The van der Waals surface area contributed by atoms with Gasteiger partial charge < -0.3 is 39.1 Å². The molecular formula is C31H56N2O10. The molecule has 12 heteroatoms. The van der Waals surface area contributed by atoms with Crippen LogP contribution < -0.4 is 10.6 Å². The Morgan fingerprint density at radius 2 is 1.26 bits per heavy atom. The third-order valence-electron chi connectivity index (χ3n) is 7.15. The van der Waals surface area contributed by atoms with Crippen LogP contribution in [0.2, 0.25) is 0 Å². The number of nitrogens with one attached hydrogen (secondary N) is 2. The molecule has 0 aliphatic heterocycles. The number of likely N-dealkylation sites (N-methyl/N-ethyl adjacent to an activating group) is 2. The third kappa shape index (κ3) is 12.0. The minimum atomic E-state index is -1.26. The van der Waals surface area contributed by atoms with Gasteiger partial charge in [0, 0.05) is 20.0 Å². The first-order valence-electron chi connectivity index (χ1n) is 15.1. The Balaban J connectivity index is 2.63. The van der Waals surface area contributed by atoms with Crippen LogP contribution in [0.1, 0.15) is 102 Å². The molecule has 1 rings (SSSR count). The molecule has 0 aromatic rings. The van der Waals surface area contributed by atoms with E-state index in [2.05, 4.69) is 10.6 Å². The van der Waals surface area contributed by atoms with Gasteiger partial charge >= 0.3 is 11.9 Å². The van der Waals surface area contributed by atoms with Crippen LogP contribution in [0.15, 0.2) is 0 Å². The molecule has 0 spiro atoms. The summed E-state index contributed by atoms with van der Waals surface area (Å²) in [5, 5.41) is 5.27. The first kappa shape index (κ1) is 38.7. The van der Waals surface area contributed by atoms with E-state index in [1.807, 2.05) is 13.8 Å². The molecule has 0 radical (unpaired) electrons. The van der Waals surface area contributed by atoms with Crippen LogP contribution in [0.25, 0.3) is 0 Å². The standard InChI is InChI=1S/C31H56N2O10/c1-14-33-24(35)28(6,7)41-21(3)18-38-25(36)29(8,9)42-22-15-16-31(12,17-22)43-30(10,11)26(37)39-19-20(2)40-27(4,5)23(34)32-13/h20-22H,14-19H2,1-13H3,(H,32,34)(H,33,35). The zero-order valence-electron chi connectivity index (χ0n) is 28.6. The van der Waals surface area contributed by atoms with Gasteiger partial charge in [-0.05, 0) is 95.9 Å². The van der Waals surface area contributed by atoms with Crippen LogP contribution in [-0.2, 0) is 47.6 Å². The van der Waals surface area contributed by atoms with E-state index in [0.717, 1.165) is 0 Å². The van der Waals surface area contributed by atoms with E-state index in [-0.39, 0.29) is 31.1 Å². The second kappa shape index (κ2) is 15.1. The zero-order valence-corrected chi connectivity index (χ0v) is 28.6. The summed E-state index contributed by atoms with van der Waals surface area (Å²) in [6, 6.07) is 0. The highest BCUT2D eigenvalue weighted by molar-refractivity contribution is 5.84. The number of carbonyl (C=O) groups is 4. The maximum absolute atomic E-state index is 12.9. The average molecular weight is 617 g/mol. The quantitative estimate of drug-likeness (QED) is 0.233. The van der Waals surface area contributed by atoms with Gasteiger partial charge in [0.05, 0.1) is 23.9 Å². The van der Waals surface area contributed by atoms with E-state index < -0.39 is 52.2 Å². The predicted molar refractivity (Wildman–Crippen MR) is 160 cm³/mol. The summed E-state index contributed by atoms with van der Waals surface area (Å²) in [7, 11) is 1.53. The van der Waals surface area contributed by atoms with E-state index >= 15 is 0 Å². The number of esters is 2. The summed E-state index contributed by atoms with van der Waals surface area (Å²) in [5.41, 5.74) is -5.33. The lowest BCUT2D eigenvalue weighted by Gasteiger charge is -2.35. The van der Waals surface area contributed by atoms with Crippen molar-refractivity contribution in [1.82, 2.24) is 10.6 Å². The Bertz CT molecular complexity index is 978. The number of hydrogen-bond acceptors (Lipinski definition) is 10. The summed E-state index contributed by atoms with van der Waals surface area (Å²) in [6.07, 6.45) is 0.359. The highest BCUT2D eigenvalue weighted by atomic mass is 16.6. The minimum Gasteiger partial charge on any atom is -0.461 e. The number of amides is 2. The van der Waals surface area contributed by atoms with Gasteiger partial charge in [-0.25, -0.2) is 9.59 Å². The van der Waals surface area contributed by atoms with Crippen LogP contribution in [-0.4, -0.2) is 96.9 Å². The van der Waals surface area contributed by atoms with Crippen LogP contribution in [0.4, 0.5) is 0 Å². The van der Waals surface area contributed by atoms with E-state index in [1.54, 1.807) is 69.2 Å². The molecule has 1 fully saturated rings. The van der Waals surface area contributed by atoms with Crippen molar-refractivity contribution < 1.29 is 47.6 Å². The number of hydrogen-bond donors (Lipinski definition) is 2. The van der Waals surface area contributed by atoms with Gasteiger partial charge in [0.15, 0.2) is 11.2 Å². The van der Waals surface area contributed by atoms with Crippen molar-refractivity contribution in [2.75, 3.05) is 26.8 Å². The van der Waals surface area contributed by atoms with E-state index in [9.17, 15) is 19.2 Å². The Morgan fingerprint density at radius 1 is 0.791 bits per heavy atom. The smallest absolute Gasteiger partial charge is 0.337 e. The lowest BCUT2D eigenvalue weighted by Crippen LogP contribution is -2.47. The van der Waals surface area contributed by atoms with Gasteiger partial charge in [0.2, 0.25) is 0 Å². The van der Waals surface area contributed by atoms with Gasteiger partial charge in [0.1, 0.15) is 24.4 Å². The largest absolute Gasteiger partial charge is 0.461 e. The summed E-state index contributed by atoms with van der Waals surface area (Å²) < 4.78 is 34.9. The summed E-state index contributed by atoms with van der Waals surface area (Å²) in [4.78, 5) is 50.0.